The third-order valence-electron chi connectivity index (χ3n) is 18.2. The maximum atomic E-state index is 12.3. The van der Waals surface area contributed by atoms with E-state index in [1.54, 1.807) is 0 Å². The first-order valence-corrected chi connectivity index (χ1v) is 24.1. The van der Waals surface area contributed by atoms with Crippen molar-refractivity contribution in [1.29, 1.82) is 0 Å². The van der Waals surface area contributed by atoms with Crippen LogP contribution < -0.4 is 0 Å². The van der Waals surface area contributed by atoms with Crippen molar-refractivity contribution in [3.05, 3.63) is 0 Å². The molecule has 0 aromatic rings. The predicted molar refractivity (Wildman–Crippen MR) is 214 cm³/mol. The van der Waals surface area contributed by atoms with Gasteiger partial charge in [-0.05, 0) is 232 Å². The number of hydrogen-bond acceptors (Lipinski definition) is 4. The van der Waals surface area contributed by atoms with E-state index in [-0.39, 0.29) is 11.5 Å². The van der Waals surface area contributed by atoms with E-state index < -0.39 is 11.2 Å². The topological polar surface area (TPSA) is 77.8 Å². The predicted octanol–water partition coefficient (Wildman–Crippen LogP) is 10.4. The Kier molecular flexibility index (Phi) is 12.1. The molecule has 0 aromatic carbocycles. The Morgan fingerprint density at radius 2 is 1.04 bits per heavy atom. The monoisotopic (exact) mass is 729 g/mol. The molecule has 0 heterocycles. The smallest absolute Gasteiger partial charge is 0.133 e. The van der Waals surface area contributed by atoms with Crippen molar-refractivity contribution in [3.8, 4) is 0 Å². The molecule has 0 aliphatic heterocycles. The molecule has 0 aromatic heterocycles. The lowest BCUT2D eigenvalue weighted by atomic mass is 9.48. The molecule has 4 nitrogen and oxygen atoms in total. The Morgan fingerprint density at radius 3 is 1.49 bits per heavy atom. The van der Waals surface area contributed by atoms with Crippen molar-refractivity contribution >= 4 is 14.4 Å². The Hall–Kier alpha value is -0.0200. The number of rotatable bonds is 2. The number of ketones is 1. The zero-order valence-corrected chi connectivity index (χ0v) is 35.7. The van der Waals surface area contributed by atoms with Gasteiger partial charge in [0.05, 0.1) is 17.3 Å². The lowest BCUT2D eigenvalue weighted by molar-refractivity contribution is -0.131. The first-order chi connectivity index (χ1) is 23.9. The van der Waals surface area contributed by atoms with Crippen molar-refractivity contribution in [2.24, 2.45) is 93.7 Å². The van der Waals surface area contributed by atoms with Crippen molar-refractivity contribution < 1.29 is 20.1 Å². The summed E-state index contributed by atoms with van der Waals surface area (Å²) in [7, 11) is 1.08. The van der Waals surface area contributed by atoms with Gasteiger partial charge in [0.15, 0.2) is 0 Å². The van der Waals surface area contributed by atoms with Crippen molar-refractivity contribution in [2.75, 3.05) is 13.3 Å². The molecular formula is C46H81O4P. The molecule has 8 fully saturated rings. The highest BCUT2D eigenvalue weighted by Crippen LogP contribution is 2.68. The normalized spacial score (nSPS) is 54.7. The standard InChI is InChI=1S/C22H38O2.C22H36O2.C2H7P/c2*1-13-11-19(14(2)23)22(4)10-8-17-16-7-9-21(3,24)12-15(16)5-6-18(17)20(13)22;1-3-2/h13-20,23-24H,5-12H2,1-4H3;13,15-20,24H,5-12H2,1-4H3;3H,1-2H3/t13-,14?,15-,16+,17-,18-,19-,20+,21-,22-;13-,15-,16+,17-,18-,19-,20+,21-,22-;/m11./s1. The van der Waals surface area contributed by atoms with E-state index in [1.807, 2.05) is 20.8 Å². The molecular weight excluding hydrogens is 647 g/mol. The van der Waals surface area contributed by atoms with Crippen LogP contribution in [0.4, 0.5) is 0 Å². The van der Waals surface area contributed by atoms with Crippen LogP contribution in [0.25, 0.3) is 0 Å². The van der Waals surface area contributed by atoms with E-state index in [4.69, 9.17) is 0 Å². The van der Waals surface area contributed by atoms with E-state index >= 15 is 0 Å². The van der Waals surface area contributed by atoms with Crippen LogP contribution in [0.15, 0.2) is 0 Å². The molecule has 0 amide bonds. The van der Waals surface area contributed by atoms with Crippen molar-refractivity contribution in [3.63, 3.8) is 0 Å². The van der Waals surface area contributed by atoms with Gasteiger partial charge in [0, 0.05) is 5.92 Å². The van der Waals surface area contributed by atoms with Crippen LogP contribution in [0, 0.1) is 93.7 Å². The Balaban J connectivity index is 0.000000163. The first kappa shape index (κ1) is 40.6. The van der Waals surface area contributed by atoms with E-state index in [0.717, 1.165) is 106 Å². The fourth-order valence-corrected chi connectivity index (χ4v) is 16.7. The second-order valence-electron chi connectivity index (χ2n) is 21.7. The molecule has 0 spiro atoms. The minimum atomic E-state index is -0.419. The number of Topliss-reactive ketones (excluding diaryl/α,β-unsaturated/α-hetero) is 1. The van der Waals surface area contributed by atoms with Crippen LogP contribution in [0.3, 0.4) is 0 Å². The van der Waals surface area contributed by atoms with Crippen molar-refractivity contribution in [1.82, 2.24) is 0 Å². The number of aliphatic hydroxyl groups excluding tert-OH is 1. The Bertz CT molecular complexity index is 1210. The van der Waals surface area contributed by atoms with Crippen LogP contribution in [-0.2, 0) is 4.79 Å². The summed E-state index contributed by atoms with van der Waals surface area (Å²) < 4.78 is 0. The molecule has 8 aliphatic carbocycles. The highest BCUT2D eigenvalue weighted by molar-refractivity contribution is 7.35. The highest BCUT2D eigenvalue weighted by atomic mass is 31.1. The second-order valence-corrected chi connectivity index (χ2v) is 22.7. The molecule has 0 radical (unpaired) electrons. The minimum Gasteiger partial charge on any atom is -0.393 e. The summed E-state index contributed by atoms with van der Waals surface area (Å²) in [6.45, 7) is 22.1. The van der Waals surface area contributed by atoms with Crippen LogP contribution >= 0.6 is 8.58 Å². The molecule has 51 heavy (non-hydrogen) atoms. The Labute approximate surface area is 316 Å². The zero-order valence-electron chi connectivity index (χ0n) is 34.7. The highest BCUT2D eigenvalue weighted by Gasteiger charge is 2.62. The molecule has 1 unspecified atom stereocenters. The van der Waals surface area contributed by atoms with Gasteiger partial charge in [-0.1, -0.05) is 27.7 Å². The molecule has 0 saturated heterocycles. The van der Waals surface area contributed by atoms with Gasteiger partial charge in [-0.2, -0.15) is 0 Å². The van der Waals surface area contributed by atoms with Gasteiger partial charge < -0.3 is 15.3 Å². The molecule has 19 atom stereocenters. The van der Waals surface area contributed by atoms with Gasteiger partial charge in [0.2, 0.25) is 0 Å². The van der Waals surface area contributed by atoms with Crippen LogP contribution in [0.5, 0.6) is 0 Å². The summed E-state index contributed by atoms with van der Waals surface area (Å²) in [5.41, 5.74) is -0.200. The molecule has 0 bridgehead atoms. The minimum absolute atomic E-state index is 0.153. The summed E-state index contributed by atoms with van der Waals surface area (Å²) in [6, 6.07) is 0. The number of carbonyl (C=O) groups excluding carboxylic acids is 1. The molecule has 8 aliphatic rings. The van der Waals surface area contributed by atoms with Crippen molar-refractivity contribution in [2.45, 2.75) is 175 Å². The Morgan fingerprint density at radius 1 is 0.627 bits per heavy atom. The van der Waals surface area contributed by atoms with Gasteiger partial charge in [0.1, 0.15) is 5.78 Å². The molecule has 3 N–H and O–H groups in total. The van der Waals surface area contributed by atoms with E-state index in [9.17, 15) is 20.1 Å². The van der Waals surface area contributed by atoms with E-state index in [1.165, 1.54) is 70.6 Å². The van der Waals surface area contributed by atoms with Gasteiger partial charge in [-0.3, -0.25) is 4.79 Å². The van der Waals surface area contributed by atoms with Gasteiger partial charge in [-0.15, -0.1) is 8.58 Å². The number of carbonyl (C=O) groups is 1. The van der Waals surface area contributed by atoms with E-state index in [0.29, 0.717) is 29.0 Å². The van der Waals surface area contributed by atoms with E-state index in [2.05, 4.69) is 47.9 Å². The maximum Gasteiger partial charge on any atom is 0.133 e. The SMILES string of the molecule is CC(=O)[C@H]1C[C@@H](C)[C@H]2[C@@H]3CC[C@@H]4C[C@](C)(O)CC[C@@H]4[C@H]3CC[C@@]21C.CC(O)[C@H]1C[C@@H](C)[C@H]2[C@@H]3CC[C@@H]4C[C@](C)(O)CC[C@@H]4[C@H]3CC[C@@]21C.CPC. The van der Waals surface area contributed by atoms with Crippen LogP contribution in [0.2, 0.25) is 0 Å². The molecule has 294 valence electrons. The lowest BCUT2D eigenvalue weighted by Crippen LogP contribution is -2.51. The largest absolute Gasteiger partial charge is 0.393 e. The third-order valence-corrected chi connectivity index (χ3v) is 18.2. The average Bonchev–Trinajstić information content (AvgIpc) is 3.49. The molecule has 8 saturated carbocycles. The first-order valence-electron chi connectivity index (χ1n) is 22.1. The summed E-state index contributed by atoms with van der Waals surface area (Å²) in [5, 5.41) is 31.4. The van der Waals surface area contributed by atoms with Crippen LogP contribution in [0.1, 0.15) is 158 Å². The zero-order chi connectivity index (χ0) is 37.3. The average molecular weight is 729 g/mol. The molecule has 8 rings (SSSR count). The lowest BCUT2D eigenvalue weighted by Gasteiger charge is -2.57. The fraction of sp³-hybridized carbons (Fsp3) is 0.978. The quantitative estimate of drug-likeness (QED) is 0.248. The number of aliphatic hydroxyl groups is 3. The third kappa shape index (κ3) is 7.49. The maximum absolute atomic E-state index is 12.3. The summed E-state index contributed by atoms with van der Waals surface area (Å²) in [5.74, 6) is 11.0. The fourth-order valence-electron chi connectivity index (χ4n) is 16.7. The van der Waals surface area contributed by atoms with Gasteiger partial charge in [-0.25, -0.2) is 0 Å². The molecule has 5 heteroatoms. The summed E-state index contributed by atoms with van der Waals surface area (Å²) >= 11 is 0. The summed E-state index contributed by atoms with van der Waals surface area (Å²) in [4.78, 5) is 12.3. The number of fused-ring (bicyclic) bond motifs is 10. The van der Waals surface area contributed by atoms with Gasteiger partial charge in [0.25, 0.3) is 0 Å². The second kappa shape index (κ2) is 15.1. The van der Waals surface area contributed by atoms with Crippen LogP contribution in [-0.4, -0.2) is 51.7 Å². The summed E-state index contributed by atoms with van der Waals surface area (Å²) in [6.07, 6.45) is 19.4. The number of hydrogen-bond donors (Lipinski definition) is 3. The van der Waals surface area contributed by atoms with Gasteiger partial charge >= 0.3 is 0 Å².